The average Bonchev–Trinajstić information content (AvgIpc) is 3.13. The molecule has 0 fully saturated rings. The van der Waals surface area contributed by atoms with Gasteiger partial charge in [-0.15, -0.1) is 0 Å². The third-order valence-electron chi connectivity index (χ3n) is 8.89. The smallest absolute Gasteiger partial charge is 0.335 e. The predicted molar refractivity (Wildman–Crippen MR) is 191 cm³/mol. The molecule has 0 aliphatic heterocycles. The van der Waals surface area contributed by atoms with Crippen LogP contribution < -0.4 is 0 Å². The molecule has 0 heterocycles. The number of carboxylic acid groups (broad SMARTS) is 4. The maximum atomic E-state index is 11.7. The van der Waals surface area contributed by atoms with Crippen molar-refractivity contribution in [3.05, 3.63) is 156 Å². The van der Waals surface area contributed by atoms with Crippen LogP contribution in [0.1, 0.15) is 41.4 Å². The van der Waals surface area contributed by atoms with E-state index in [2.05, 4.69) is 0 Å². The first-order chi connectivity index (χ1) is 24.1. The van der Waals surface area contributed by atoms with Crippen LogP contribution in [0.2, 0.25) is 0 Å². The summed E-state index contributed by atoms with van der Waals surface area (Å²) in [5, 5.41) is 41.4. The Morgan fingerprint density at radius 3 is 0.780 bits per heavy atom. The van der Waals surface area contributed by atoms with E-state index >= 15 is 0 Å². The molecule has 7 aromatic carbocycles. The Labute approximate surface area is 284 Å². The van der Waals surface area contributed by atoms with E-state index in [4.69, 9.17) is 0 Å². The lowest BCUT2D eigenvalue weighted by molar-refractivity contribution is 0.0686. The number of carboxylic acids is 4. The van der Waals surface area contributed by atoms with Crippen molar-refractivity contribution < 1.29 is 39.6 Å². The predicted octanol–water partition coefficient (Wildman–Crippen LogP) is 9.45. The van der Waals surface area contributed by atoms with Crippen LogP contribution >= 0.6 is 0 Å². The third kappa shape index (κ3) is 5.71. The minimum atomic E-state index is -1.04. The van der Waals surface area contributed by atoms with Crippen LogP contribution in [0.25, 0.3) is 66.1 Å². The third-order valence-corrected chi connectivity index (χ3v) is 8.89. The molecule has 242 valence electrons. The van der Waals surface area contributed by atoms with Gasteiger partial charge in [-0.3, -0.25) is 0 Å². The molecule has 0 radical (unpaired) electrons. The Morgan fingerprint density at radius 1 is 0.280 bits per heavy atom. The van der Waals surface area contributed by atoms with E-state index in [0.29, 0.717) is 0 Å². The molecule has 4 N–H and O–H groups in total. The fourth-order valence-electron chi connectivity index (χ4n) is 6.38. The molecule has 0 aromatic heterocycles. The Kier molecular flexibility index (Phi) is 7.89. The number of benzene rings is 7. The quantitative estimate of drug-likeness (QED) is 0.118. The molecular formula is C42H26O8. The second-order valence-electron chi connectivity index (χ2n) is 11.8. The lowest BCUT2D eigenvalue weighted by atomic mass is 9.83. The van der Waals surface area contributed by atoms with Gasteiger partial charge in [-0.25, -0.2) is 19.2 Å². The van der Waals surface area contributed by atoms with Crippen molar-refractivity contribution in [3.8, 4) is 44.5 Å². The lowest BCUT2D eigenvalue weighted by Crippen LogP contribution is -1.97. The minimum Gasteiger partial charge on any atom is -0.478 e. The molecule has 7 aromatic rings. The maximum Gasteiger partial charge on any atom is 0.335 e. The van der Waals surface area contributed by atoms with Crippen molar-refractivity contribution in [2.24, 2.45) is 0 Å². The van der Waals surface area contributed by atoms with E-state index in [-0.39, 0.29) is 22.3 Å². The molecule has 0 saturated heterocycles. The molecule has 0 bridgehead atoms. The summed E-state index contributed by atoms with van der Waals surface area (Å²) in [4.78, 5) is 46.5. The van der Waals surface area contributed by atoms with Gasteiger partial charge in [-0.1, -0.05) is 72.8 Å². The largest absolute Gasteiger partial charge is 0.478 e. The van der Waals surface area contributed by atoms with Gasteiger partial charge in [0, 0.05) is 0 Å². The summed E-state index contributed by atoms with van der Waals surface area (Å²) in [6.07, 6.45) is 0. The molecule has 0 amide bonds. The van der Waals surface area contributed by atoms with Gasteiger partial charge in [-0.05, 0) is 127 Å². The highest BCUT2D eigenvalue weighted by molar-refractivity contribution is 6.22. The molecule has 0 aliphatic rings. The van der Waals surface area contributed by atoms with E-state index < -0.39 is 23.9 Å². The summed E-state index contributed by atoms with van der Waals surface area (Å²) in [6, 6.07) is 38.4. The zero-order valence-electron chi connectivity index (χ0n) is 26.1. The fraction of sp³-hybridized carbons (Fsp3) is 0. The van der Waals surface area contributed by atoms with Gasteiger partial charge >= 0.3 is 23.9 Å². The first kappa shape index (κ1) is 31.5. The summed E-state index contributed by atoms with van der Waals surface area (Å²) in [6.45, 7) is 0. The highest BCUT2D eigenvalue weighted by atomic mass is 16.4. The van der Waals surface area contributed by atoms with Gasteiger partial charge < -0.3 is 20.4 Å². The van der Waals surface area contributed by atoms with Gasteiger partial charge in [0.05, 0.1) is 22.3 Å². The van der Waals surface area contributed by atoms with Crippen LogP contribution in [0.5, 0.6) is 0 Å². The van der Waals surface area contributed by atoms with Crippen molar-refractivity contribution in [1.29, 1.82) is 0 Å². The van der Waals surface area contributed by atoms with E-state index in [9.17, 15) is 39.6 Å². The van der Waals surface area contributed by atoms with Crippen LogP contribution in [0.4, 0.5) is 0 Å². The van der Waals surface area contributed by atoms with E-state index in [1.54, 1.807) is 97.1 Å². The van der Waals surface area contributed by atoms with E-state index in [0.717, 1.165) is 66.1 Å². The number of fused-ring (bicyclic) bond motifs is 2. The summed E-state index contributed by atoms with van der Waals surface area (Å²) in [7, 11) is 0. The van der Waals surface area contributed by atoms with Crippen molar-refractivity contribution in [1.82, 2.24) is 0 Å². The number of rotatable bonds is 8. The first-order valence-electron chi connectivity index (χ1n) is 15.5. The summed E-state index contributed by atoms with van der Waals surface area (Å²) in [5.41, 5.74) is 7.12. The number of aromatic carboxylic acids is 4. The summed E-state index contributed by atoms with van der Waals surface area (Å²) < 4.78 is 0. The van der Waals surface area contributed by atoms with Crippen molar-refractivity contribution >= 4 is 45.4 Å². The minimum absolute atomic E-state index is 0.142. The molecule has 0 saturated carbocycles. The maximum absolute atomic E-state index is 11.7. The topological polar surface area (TPSA) is 149 Å². The average molecular weight is 659 g/mol. The highest BCUT2D eigenvalue weighted by Crippen LogP contribution is 2.46. The first-order valence-corrected chi connectivity index (χ1v) is 15.5. The zero-order valence-corrected chi connectivity index (χ0v) is 26.1. The van der Waals surface area contributed by atoms with Crippen molar-refractivity contribution in [3.63, 3.8) is 0 Å². The molecule has 8 nitrogen and oxygen atoms in total. The van der Waals surface area contributed by atoms with Crippen molar-refractivity contribution in [2.75, 3.05) is 0 Å². The van der Waals surface area contributed by atoms with Gasteiger partial charge in [0.1, 0.15) is 0 Å². The van der Waals surface area contributed by atoms with Crippen LogP contribution in [0.15, 0.2) is 133 Å². The van der Waals surface area contributed by atoms with Gasteiger partial charge in [0.25, 0.3) is 0 Å². The highest BCUT2D eigenvalue weighted by Gasteiger charge is 2.20. The summed E-state index contributed by atoms with van der Waals surface area (Å²) in [5.74, 6) is -4.14. The van der Waals surface area contributed by atoms with Gasteiger partial charge in [0.15, 0.2) is 0 Å². The Balaban J connectivity index is 1.56. The second kappa shape index (κ2) is 12.5. The molecular weight excluding hydrogens is 632 g/mol. The molecule has 0 unspecified atom stereocenters. The zero-order chi connectivity index (χ0) is 35.1. The Hall–Kier alpha value is -7.06. The van der Waals surface area contributed by atoms with Gasteiger partial charge in [0.2, 0.25) is 0 Å². The van der Waals surface area contributed by atoms with E-state index in [1.807, 2.05) is 36.4 Å². The number of hydrogen-bond donors (Lipinski definition) is 4. The Bertz CT molecular complexity index is 2320. The van der Waals surface area contributed by atoms with E-state index in [1.165, 1.54) is 0 Å². The molecule has 50 heavy (non-hydrogen) atoms. The van der Waals surface area contributed by atoms with Crippen LogP contribution in [-0.4, -0.2) is 44.3 Å². The normalized spacial score (nSPS) is 11.0. The molecule has 8 heteroatoms. The fourth-order valence-corrected chi connectivity index (χ4v) is 6.38. The summed E-state index contributed by atoms with van der Waals surface area (Å²) >= 11 is 0. The lowest BCUT2D eigenvalue weighted by Gasteiger charge is -2.20. The second-order valence-corrected chi connectivity index (χ2v) is 11.8. The molecule has 7 rings (SSSR count). The Morgan fingerprint density at radius 2 is 0.520 bits per heavy atom. The van der Waals surface area contributed by atoms with Crippen LogP contribution in [0.3, 0.4) is 0 Å². The molecule has 0 atom stereocenters. The number of carbonyl (C=O) groups is 4. The van der Waals surface area contributed by atoms with Gasteiger partial charge in [-0.2, -0.15) is 0 Å². The van der Waals surface area contributed by atoms with Crippen LogP contribution in [-0.2, 0) is 0 Å². The van der Waals surface area contributed by atoms with Crippen molar-refractivity contribution in [2.45, 2.75) is 0 Å². The number of hydrogen-bond acceptors (Lipinski definition) is 4. The molecule has 0 spiro atoms. The SMILES string of the molecule is O=C(O)c1ccc(-c2ccc3c(-c4ccc(C(=O)O)cc4)c4cc(-c5ccc(C(=O)O)cc5)ccc4c(-c4ccc(C(=O)O)cc4)c3c2)cc1. The van der Waals surface area contributed by atoms with Crippen LogP contribution in [0, 0.1) is 0 Å². The monoisotopic (exact) mass is 658 g/mol. The molecule has 0 aliphatic carbocycles. The standard InChI is InChI=1S/C42H26O8/c43-39(44)27-9-1-23(2-10-27)31-17-19-33-35(21-31)37(25-5-13-29(14-6-25)41(47)48)34-20-18-32(24-3-11-28(12-4-24)40(45)46)22-36(34)38(33)26-7-15-30(16-8-26)42(49)50/h1-22H,(H,43,44)(H,45,46)(H,47,48)(H,49,50).